The largest absolute Gasteiger partial charge is 0.512 e. The minimum absolute atomic E-state index is 0. The summed E-state index contributed by atoms with van der Waals surface area (Å²) in [5, 5.41) is 15.0. The third kappa shape index (κ3) is 8.60. The molecule has 47 heavy (non-hydrogen) atoms. The smallest absolute Gasteiger partial charge is 0.162 e. The maximum Gasteiger partial charge on any atom is 0.162 e. The number of aliphatic hydroxyl groups excluding tert-OH is 1. The van der Waals surface area contributed by atoms with E-state index in [1.165, 1.54) is 17.0 Å². The van der Waals surface area contributed by atoms with Crippen molar-refractivity contribution in [2.24, 2.45) is 17.8 Å². The number of thiophene rings is 1. The number of aliphatic hydroxyl groups is 1. The van der Waals surface area contributed by atoms with Gasteiger partial charge in [-0.2, -0.15) is 11.3 Å². The molecule has 0 amide bonds. The summed E-state index contributed by atoms with van der Waals surface area (Å²) in [4.78, 5) is 16.5. The second-order valence-corrected chi connectivity index (χ2v) is 14.0. The number of halogens is 1. The van der Waals surface area contributed by atoms with Crippen LogP contribution >= 0.6 is 11.3 Å². The Morgan fingerprint density at radius 1 is 1.00 bits per heavy atom. The summed E-state index contributed by atoms with van der Waals surface area (Å²) >= 11 is 1.72. The summed E-state index contributed by atoms with van der Waals surface area (Å²) in [6, 6.07) is 11.1. The SMILES string of the molecule is CCC(CC)C(=O)/C=C(\O)C(CC)CC.Cc1[c-]c(-c2nccc3c(CC(C)C)csc23)c2oc3cc(C(C)C)c(F)cc3c2c1.[Ir]. The zero-order valence-electron chi connectivity index (χ0n) is 29.2. The van der Waals surface area contributed by atoms with Crippen LogP contribution in [0.5, 0.6) is 0 Å². The third-order valence-corrected chi connectivity index (χ3v) is 9.95. The standard InChI is InChI=1S/C27H25FNOS.C13H24O2.Ir/c1-14(2)8-17-13-31-27-18(17)6-7-29-25(27)22-10-16(5)9-21-20-11-23(28)19(15(3)4)12-24(20)30-26(21)22;1-5-10(6-2)12(14)9-13(15)11(7-3)8-4;/h6-7,9,11-15H,8H2,1-5H3;9-11,14H,5-8H2,1-4H3;/q-1;;/b;12-9-;. The summed E-state index contributed by atoms with van der Waals surface area (Å²) < 4.78 is 22.2. The van der Waals surface area contributed by atoms with Gasteiger partial charge >= 0.3 is 0 Å². The van der Waals surface area contributed by atoms with Crippen molar-refractivity contribution in [3.8, 4) is 11.3 Å². The molecule has 0 spiro atoms. The molecule has 0 saturated carbocycles. The Hall–Kier alpha value is -2.86. The van der Waals surface area contributed by atoms with Crippen molar-refractivity contribution in [3.05, 3.63) is 76.3 Å². The van der Waals surface area contributed by atoms with E-state index >= 15 is 0 Å². The molecule has 7 heteroatoms. The molecule has 4 nitrogen and oxygen atoms in total. The van der Waals surface area contributed by atoms with E-state index in [4.69, 9.17) is 9.40 Å². The number of aromatic nitrogens is 1. The molecule has 3 heterocycles. The number of furan rings is 1. The molecule has 0 saturated heterocycles. The Labute approximate surface area is 297 Å². The first-order valence-corrected chi connectivity index (χ1v) is 17.7. The quantitative estimate of drug-likeness (QED) is 0.0818. The van der Waals surface area contributed by atoms with Crippen LogP contribution in [0.2, 0.25) is 0 Å². The first kappa shape index (κ1) is 38.6. The number of rotatable bonds is 11. The number of fused-ring (bicyclic) bond motifs is 4. The van der Waals surface area contributed by atoms with Gasteiger partial charge in [-0.15, -0.1) is 17.7 Å². The van der Waals surface area contributed by atoms with Crippen molar-refractivity contribution in [1.82, 2.24) is 4.98 Å². The van der Waals surface area contributed by atoms with Crippen LogP contribution in [-0.2, 0) is 31.3 Å². The van der Waals surface area contributed by atoms with E-state index in [2.05, 4.69) is 31.4 Å². The van der Waals surface area contributed by atoms with Crippen LogP contribution in [0.25, 0.3) is 43.3 Å². The molecule has 0 aliphatic rings. The number of aryl methyl sites for hydroxylation is 1. The molecule has 0 unspecified atom stereocenters. The van der Waals surface area contributed by atoms with Gasteiger partial charge in [-0.3, -0.25) is 4.79 Å². The summed E-state index contributed by atoms with van der Waals surface area (Å²) in [5.41, 5.74) is 6.17. The van der Waals surface area contributed by atoms with E-state index in [0.717, 1.165) is 70.0 Å². The Kier molecular flexibility index (Phi) is 14.0. The van der Waals surface area contributed by atoms with Crippen molar-refractivity contribution in [3.63, 3.8) is 0 Å². The van der Waals surface area contributed by atoms with Crippen LogP contribution in [0.1, 0.15) is 104 Å². The van der Waals surface area contributed by atoms with Gasteiger partial charge in [0.15, 0.2) is 5.78 Å². The Morgan fingerprint density at radius 2 is 1.66 bits per heavy atom. The Bertz CT molecular complexity index is 1840. The first-order chi connectivity index (χ1) is 21.9. The number of ketones is 1. The maximum absolute atomic E-state index is 14.8. The monoisotopic (exact) mass is 835 g/mol. The van der Waals surface area contributed by atoms with Gasteiger partial charge in [0.2, 0.25) is 0 Å². The molecule has 2 aromatic carbocycles. The molecule has 5 aromatic rings. The number of carbonyl (C=O) groups excluding carboxylic acids is 1. The van der Waals surface area contributed by atoms with Gasteiger partial charge in [0, 0.05) is 60.0 Å². The normalized spacial score (nSPS) is 12.1. The minimum Gasteiger partial charge on any atom is -0.512 e. The average Bonchev–Trinajstić information content (AvgIpc) is 3.58. The number of pyridine rings is 1. The molecular formula is C40H49FIrNO3S-. The molecule has 0 atom stereocenters. The third-order valence-electron chi connectivity index (χ3n) is 8.89. The first-order valence-electron chi connectivity index (χ1n) is 16.8. The molecule has 5 rings (SSSR count). The number of hydrogen-bond acceptors (Lipinski definition) is 5. The van der Waals surface area contributed by atoms with E-state index in [1.807, 2.05) is 66.8 Å². The molecular weight excluding hydrogens is 786 g/mol. The molecule has 0 fully saturated rings. The molecule has 0 bridgehead atoms. The molecule has 3 aromatic heterocycles. The molecule has 1 N–H and O–H groups in total. The number of nitrogens with zero attached hydrogens (tertiary/aromatic N) is 1. The summed E-state index contributed by atoms with van der Waals surface area (Å²) in [5.74, 6) is 1.04. The fourth-order valence-electron chi connectivity index (χ4n) is 6.17. The zero-order chi connectivity index (χ0) is 33.7. The van der Waals surface area contributed by atoms with Crippen molar-refractivity contribution < 1.29 is 38.8 Å². The summed E-state index contributed by atoms with van der Waals surface area (Å²) in [6.07, 6.45) is 7.82. The molecule has 255 valence electrons. The van der Waals surface area contributed by atoms with Gasteiger partial charge < -0.3 is 14.5 Å². The van der Waals surface area contributed by atoms with Gasteiger partial charge in [0.05, 0.1) is 11.3 Å². The summed E-state index contributed by atoms with van der Waals surface area (Å²) in [6.45, 7) is 18.5. The van der Waals surface area contributed by atoms with Crippen LogP contribution in [0.3, 0.4) is 0 Å². The van der Waals surface area contributed by atoms with Gasteiger partial charge in [-0.05, 0) is 84.0 Å². The molecule has 0 aliphatic heterocycles. The molecule has 0 aliphatic carbocycles. The van der Waals surface area contributed by atoms with Gasteiger partial charge in [0.25, 0.3) is 0 Å². The van der Waals surface area contributed by atoms with E-state index in [0.29, 0.717) is 17.1 Å². The van der Waals surface area contributed by atoms with Crippen LogP contribution < -0.4 is 0 Å². The van der Waals surface area contributed by atoms with E-state index in [1.54, 1.807) is 17.4 Å². The zero-order valence-corrected chi connectivity index (χ0v) is 32.4. The Balaban J connectivity index is 0.000000322. The fourth-order valence-corrected chi connectivity index (χ4v) is 7.24. The van der Waals surface area contributed by atoms with Crippen molar-refractivity contribution >= 4 is 49.1 Å². The van der Waals surface area contributed by atoms with E-state index < -0.39 is 0 Å². The second-order valence-electron chi connectivity index (χ2n) is 13.1. The minimum atomic E-state index is -0.186. The van der Waals surface area contributed by atoms with E-state index in [-0.39, 0.29) is 55.2 Å². The Morgan fingerprint density at radius 3 is 2.26 bits per heavy atom. The van der Waals surface area contributed by atoms with Crippen LogP contribution in [0.4, 0.5) is 4.39 Å². The van der Waals surface area contributed by atoms with Crippen molar-refractivity contribution in [2.45, 2.75) is 100 Å². The van der Waals surface area contributed by atoms with E-state index in [9.17, 15) is 14.3 Å². The number of hydrogen-bond donors (Lipinski definition) is 1. The second kappa shape index (κ2) is 17.0. The van der Waals surface area contributed by atoms with Crippen molar-refractivity contribution in [2.75, 3.05) is 0 Å². The van der Waals surface area contributed by atoms with Crippen LogP contribution in [-0.4, -0.2) is 15.9 Å². The van der Waals surface area contributed by atoms with Gasteiger partial charge in [0.1, 0.15) is 11.4 Å². The molecule has 1 radical (unpaired) electrons. The van der Waals surface area contributed by atoms with Gasteiger partial charge in [-0.1, -0.05) is 73.3 Å². The average molecular weight is 835 g/mol. The number of benzene rings is 2. The van der Waals surface area contributed by atoms with Gasteiger partial charge in [-0.25, -0.2) is 4.39 Å². The van der Waals surface area contributed by atoms with Crippen molar-refractivity contribution in [1.29, 1.82) is 0 Å². The maximum atomic E-state index is 14.8. The summed E-state index contributed by atoms with van der Waals surface area (Å²) in [7, 11) is 0. The fraction of sp³-hybridized carbons (Fsp3) is 0.450. The van der Waals surface area contributed by atoms with Crippen LogP contribution in [0.15, 0.2) is 52.1 Å². The predicted molar refractivity (Wildman–Crippen MR) is 192 cm³/mol. The van der Waals surface area contributed by atoms with Crippen LogP contribution in [0, 0.1) is 36.6 Å². The number of carbonyl (C=O) groups is 1. The number of allylic oxidation sites excluding steroid dienone is 2. The predicted octanol–water partition coefficient (Wildman–Crippen LogP) is 12.3. The topological polar surface area (TPSA) is 63.3 Å².